The van der Waals surface area contributed by atoms with E-state index in [1.165, 1.54) is 6.07 Å². The number of hydrogen-bond donors (Lipinski definition) is 0. The Kier molecular flexibility index (Phi) is 5.76. The molecule has 0 atom stereocenters. The van der Waals surface area contributed by atoms with Gasteiger partial charge in [0.2, 0.25) is 0 Å². The van der Waals surface area contributed by atoms with E-state index >= 15 is 0 Å². The van der Waals surface area contributed by atoms with Crippen LogP contribution >= 0.6 is 0 Å². The molecule has 21 heavy (non-hydrogen) atoms. The molecule has 0 saturated heterocycles. The minimum atomic E-state index is -0.399. The maximum absolute atomic E-state index is 13.3. The molecule has 2 aromatic rings. The van der Waals surface area contributed by atoms with Crippen molar-refractivity contribution in [2.75, 3.05) is 6.61 Å². The maximum atomic E-state index is 13.3. The second-order valence-corrected chi connectivity index (χ2v) is 4.53. The van der Waals surface area contributed by atoms with E-state index in [0.717, 1.165) is 5.56 Å². The highest BCUT2D eigenvalue weighted by Crippen LogP contribution is 2.15. The van der Waals surface area contributed by atoms with E-state index in [0.29, 0.717) is 6.42 Å². The molecule has 0 amide bonds. The van der Waals surface area contributed by atoms with Gasteiger partial charge in [0.1, 0.15) is 6.61 Å². The van der Waals surface area contributed by atoms with Crippen LogP contribution in [0, 0.1) is 5.82 Å². The monoisotopic (exact) mass is 288 g/mol. The molecule has 0 unspecified atom stereocenters. The predicted octanol–water partition coefficient (Wildman–Crippen LogP) is 3.73. The van der Waals surface area contributed by atoms with Crippen molar-refractivity contribution in [3.05, 3.63) is 66.0 Å². The van der Waals surface area contributed by atoms with Gasteiger partial charge in [-0.3, -0.25) is 4.79 Å². The summed E-state index contributed by atoms with van der Waals surface area (Å²) in [7, 11) is 0. The van der Waals surface area contributed by atoms with Crippen molar-refractivity contribution in [1.29, 1.82) is 0 Å². The average molecular weight is 288 g/mol. The SMILES string of the molecule is O=C(CCCOc1ccccc1F)OCc1ccccc1. The Labute approximate surface area is 123 Å². The first-order valence-corrected chi connectivity index (χ1v) is 6.82. The highest BCUT2D eigenvalue weighted by atomic mass is 19.1. The van der Waals surface area contributed by atoms with E-state index in [1.54, 1.807) is 18.2 Å². The average Bonchev–Trinajstić information content (AvgIpc) is 2.52. The van der Waals surface area contributed by atoms with Crippen LogP contribution in [0.5, 0.6) is 5.75 Å². The van der Waals surface area contributed by atoms with E-state index in [1.807, 2.05) is 30.3 Å². The number of benzene rings is 2. The third-order valence-corrected chi connectivity index (χ3v) is 2.86. The van der Waals surface area contributed by atoms with E-state index in [9.17, 15) is 9.18 Å². The van der Waals surface area contributed by atoms with Gasteiger partial charge >= 0.3 is 5.97 Å². The number of hydrogen-bond acceptors (Lipinski definition) is 3. The number of esters is 1. The topological polar surface area (TPSA) is 35.5 Å². The summed E-state index contributed by atoms with van der Waals surface area (Å²) in [5.41, 5.74) is 0.952. The smallest absolute Gasteiger partial charge is 0.306 e. The van der Waals surface area contributed by atoms with Crippen LogP contribution in [0.25, 0.3) is 0 Å². The second-order valence-electron chi connectivity index (χ2n) is 4.53. The molecule has 0 bridgehead atoms. The molecule has 0 N–H and O–H groups in total. The summed E-state index contributed by atoms with van der Waals surface area (Å²) >= 11 is 0. The first-order chi connectivity index (χ1) is 10.3. The summed E-state index contributed by atoms with van der Waals surface area (Å²) in [6.07, 6.45) is 0.739. The molecular formula is C17H17FO3. The van der Waals surface area contributed by atoms with Crippen LogP contribution < -0.4 is 4.74 Å². The van der Waals surface area contributed by atoms with Gasteiger partial charge in [-0.25, -0.2) is 4.39 Å². The number of ether oxygens (including phenoxy) is 2. The zero-order valence-corrected chi connectivity index (χ0v) is 11.6. The van der Waals surface area contributed by atoms with Gasteiger partial charge in [-0.15, -0.1) is 0 Å². The number of rotatable bonds is 7. The summed E-state index contributed by atoms with van der Waals surface area (Å²) < 4.78 is 23.7. The molecule has 4 heteroatoms. The van der Waals surface area contributed by atoms with Crippen molar-refractivity contribution < 1.29 is 18.7 Å². The third-order valence-electron chi connectivity index (χ3n) is 2.86. The van der Waals surface area contributed by atoms with Crippen LogP contribution in [0.4, 0.5) is 4.39 Å². The van der Waals surface area contributed by atoms with Crippen LogP contribution in [0.1, 0.15) is 18.4 Å². The molecule has 0 aliphatic carbocycles. The molecular weight excluding hydrogens is 271 g/mol. The van der Waals surface area contributed by atoms with Gasteiger partial charge in [0, 0.05) is 6.42 Å². The third kappa shape index (κ3) is 5.26. The lowest BCUT2D eigenvalue weighted by molar-refractivity contribution is -0.145. The zero-order chi connectivity index (χ0) is 14.9. The van der Waals surface area contributed by atoms with Gasteiger partial charge in [-0.05, 0) is 24.1 Å². The molecule has 0 spiro atoms. The van der Waals surface area contributed by atoms with Crippen LogP contribution in [0.15, 0.2) is 54.6 Å². The first kappa shape index (κ1) is 15.0. The Morgan fingerprint density at radius 2 is 1.71 bits per heavy atom. The molecule has 0 radical (unpaired) electrons. The first-order valence-electron chi connectivity index (χ1n) is 6.82. The Balaban J connectivity index is 1.62. The largest absolute Gasteiger partial charge is 0.491 e. The van der Waals surface area contributed by atoms with Crippen LogP contribution in [-0.4, -0.2) is 12.6 Å². The molecule has 2 rings (SSSR count). The fourth-order valence-electron chi connectivity index (χ4n) is 1.77. The zero-order valence-electron chi connectivity index (χ0n) is 11.6. The minimum absolute atomic E-state index is 0.204. The normalized spacial score (nSPS) is 10.1. The lowest BCUT2D eigenvalue weighted by atomic mass is 10.2. The maximum Gasteiger partial charge on any atom is 0.306 e. The number of halogens is 1. The second kappa shape index (κ2) is 8.04. The number of para-hydroxylation sites is 1. The van der Waals surface area contributed by atoms with Crippen molar-refractivity contribution in [3.63, 3.8) is 0 Å². The summed E-state index contributed by atoms with van der Waals surface area (Å²) in [5.74, 6) is -0.477. The van der Waals surface area contributed by atoms with Gasteiger partial charge in [0.05, 0.1) is 6.61 Å². The summed E-state index contributed by atoms with van der Waals surface area (Å²) in [5, 5.41) is 0. The van der Waals surface area contributed by atoms with E-state index < -0.39 is 5.82 Å². The van der Waals surface area contributed by atoms with Gasteiger partial charge in [-0.2, -0.15) is 0 Å². The molecule has 0 aromatic heterocycles. The highest BCUT2D eigenvalue weighted by molar-refractivity contribution is 5.69. The van der Waals surface area contributed by atoms with Crippen molar-refractivity contribution in [3.8, 4) is 5.75 Å². The minimum Gasteiger partial charge on any atom is -0.491 e. The Morgan fingerprint density at radius 1 is 1.00 bits per heavy atom. The van der Waals surface area contributed by atoms with Crippen LogP contribution in [-0.2, 0) is 16.1 Å². The van der Waals surface area contributed by atoms with E-state index in [4.69, 9.17) is 9.47 Å². The quantitative estimate of drug-likeness (QED) is 0.575. The van der Waals surface area contributed by atoms with Crippen molar-refractivity contribution >= 4 is 5.97 Å². The number of carbonyl (C=O) groups is 1. The summed E-state index contributed by atoms with van der Waals surface area (Å²) in [6.45, 7) is 0.551. The van der Waals surface area contributed by atoms with Crippen molar-refractivity contribution in [2.24, 2.45) is 0 Å². The van der Waals surface area contributed by atoms with E-state index in [-0.39, 0.29) is 31.4 Å². The summed E-state index contributed by atoms with van der Waals surface area (Å²) in [6, 6.07) is 15.7. The standard InChI is InChI=1S/C17H17FO3/c18-15-9-4-5-10-16(15)20-12-6-11-17(19)21-13-14-7-2-1-3-8-14/h1-5,7-10H,6,11-13H2. The molecule has 0 saturated carbocycles. The number of carbonyl (C=O) groups excluding carboxylic acids is 1. The van der Waals surface area contributed by atoms with Crippen molar-refractivity contribution in [2.45, 2.75) is 19.4 Å². The summed E-state index contributed by atoms with van der Waals surface area (Å²) in [4.78, 5) is 11.5. The fraction of sp³-hybridized carbons (Fsp3) is 0.235. The van der Waals surface area contributed by atoms with Crippen LogP contribution in [0.2, 0.25) is 0 Å². The molecule has 0 aliphatic heterocycles. The fourth-order valence-corrected chi connectivity index (χ4v) is 1.77. The van der Waals surface area contributed by atoms with Gasteiger partial charge in [-0.1, -0.05) is 42.5 Å². The van der Waals surface area contributed by atoms with Crippen molar-refractivity contribution in [1.82, 2.24) is 0 Å². The molecule has 110 valence electrons. The Morgan fingerprint density at radius 3 is 2.48 bits per heavy atom. The lowest BCUT2D eigenvalue weighted by Gasteiger charge is -2.07. The van der Waals surface area contributed by atoms with Gasteiger partial charge in [0.25, 0.3) is 0 Å². The molecule has 0 fully saturated rings. The van der Waals surface area contributed by atoms with Crippen LogP contribution in [0.3, 0.4) is 0 Å². The van der Waals surface area contributed by atoms with E-state index in [2.05, 4.69) is 0 Å². The predicted molar refractivity (Wildman–Crippen MR) is 77.4 cm³/mol. The van der Waals surface area contributed by atoms with Gasteiger partial charge in [0.15, 0.2) is 11.6 Å². The molecule has 2 aromatic carbocycles. The van der Waals surface area contributed by atoms with Gasteiger partial charge < -0.3 is 9.47 Å². The Bertz CT molecular complexity index is 569. The molecule has 3 nitrogen and oxygen atoms in total. The lowest BCUT2D eigenvalue weighted by Crippen LogP contribution is -2.07. The highest BCUT2D eigenvalue weighted by Gasteiger charge is 2.05. The molecule has 0 aliphatic rings. The molecule has 0 heterocycles. The Hall–Kier alpha value is -2.36.